The molecule has 4 aromatic rings. The van der Waals surface area contributed by atoms with Crippen LogP contribution in [0.2, 0.25) is 0 Å². The number of aromatic nitrogens is 3. The molecule has 0 saturated heterocycles. The predicted molar refractivity (Wildman–Crippen MR) is 101 cm³/mol. The van der Waals surface area contributed by atoms with Crippen molar-refractivity contribution in [1.29, 1.82) is 0 Å². The Bertz CT molecular complexity index is 1080. The molecule has 4 rings (SSSR count). The van der Waals surface area contributed by atoms with Crippen LogP contribution >= 0.6 is 11.3 Å². The summed E-state index contributed by atoms with van der Waals surface area (Å²) in [5.74, 6) is 1.73. The van der Waals surface area contributed by atoms with Crippen LogP contribution in [-0.4, -0.2) is 20.4 Å². The van der Waals surface area contributed by atoms with E-state index in [1.807, 2.05) is 31.2 Å². The Morgan fingerprint density at radius 3 is 2.44 bits per heavy atom. The molecule has 0 bridgehead atoms. The van der Waals surface area contributed by atoms with Gasteiger partial charge in [0.2, 0.25) is 0 Å². The number of benzene rings is 2. The monoisotopic (exact) mass is 381 g/mol. The summed E-state index contributed by atoms with van der Waals surface area (Å²) < 4.78 is 20.3. The predicted octanol–water partition coefficient (Wildman–Crippen LogP) is 4.85. The van der Waals surface area contributed by atoms with Gasteiger partial charge in [0.05, 0.1) is 6.20 Å². The fraction of sp³-hybridized carbons (Fsp3) is 0.150. The lowest BCUT2D eigenvalue weighted by atomic mass is 10.1. The van der Waals surface area contributed by atoms with E-state index in [4.69, 9.17) is 4.74 Å². The number of Topliss-reactive ketones (excluding diaryl/α,β-unsaturated/α-hetero) is 1. The Kier molecular flexibility index (Phi) is 4.68. The largest absolute Gasteiger partial charge is 0.457 e. The minimum atomic E-state index is -0.299. The third-order valence-electron chi connectivity index (χ3n) is 4.12. The van der Waals surface area contributed by atoms with Crippen LogP contribution in [0.3, 0.4) is 0 Å². The van der Waals surface area contributed by atoms with E-state index >= 15 is 0 Å². The minimum Gasteiger partial charge on any atom is -0.457 e. The quantitative estimate of drug-likeness (QED) is 0.448. The molecule has 0 aliphatic rings. The second-order valence-corrected chi connectivity index (χ2v) is 7.09. The van der Waals surface area contributed by atoms with Crippen LogP contribution in [0.4, 0.5) is 4.39 Å². The summed E-state index contributed by atoms with van der Waals surface area (Å²) in [5, 5.41) is 4.83. The number of halogens is 1. The summed E-state index contributed by atoms with van der Waals surface area (Å²) in [7, 11) is 0. The van der Waals surface area contributed by atoms with E-state index in [-0.39, 0.29) is 11.6 Å². The Morgan fingerprint density at radius 1 is 1.11 bits per heavy atom. The van der Waals surface area contributed by atoms with Crippen molar-refractivity contribution >= 4 is 22.0 Å². The van der Waals surface area contributed by atoms with Crippen molar-refractivity contribution < 1.29 is 13.9 Å². The molecule has 0 fully saturated rings. The molecule has 0 radical (unpaired) electrons. The van der Waals surface area contributed by atoms with Crippen LogP contribution < -0.4 is 4.74 Å². The van der Waals surface area contributed by atoms with Gasteiger partial charge in [-0.3, -0.25) is 4.79 Å². The number of imidazole rings is 1. The SMILES string of the molecule is Cc1ncc2sc(C(=O)CCc3ccc(Oc4ccc(F)cc4)cc3)nn12. The lowest BCUT2D eigenvalue weighted by Gasteiger charge is -2.06. The van der Waals surface area contributed by atoms with E-state index in [0.29, 0.717) is 29.3 Å². The molecule has 0 spiro atoms. The lowest BCUT2D eigenvalue weighted by Crippen LogP contribution is -2.02. The van der Waals surface area contributed by atoms with E-state index in [0.717, 1.165) is 16.2 Å². The summed E-state index contributed by atoms with van der Waals surface area (Å²) in [5.41, 5.74) is 1.04. The number of hydrogen-bond donors (Lipinski definition) is 0. The molecule has 2 aromatic carbocycles. The number of carbonyl (C=O) groups is 1. The van der Waals surface area contributed by atoms with Crippen molar-refractivity contribution in [2.45, 2.75) is 19.8 Å². The van der Waals surface area contributed by atoms with E-state index < -0.39 is 0 Å². The van der Waals surface area contributed by atoms with Crippen LogP contribution in [0.15, 0.2) is 54.7 Å². The average Bonchev–Trinajstić information content (AvgIpc) is 3.25. The van der Waals surface area contributed by atoms with Crippen LogP contribution in [0.1, 0.15) is 27.6 Å². The van der Waals surface area contributed by atoms with Crippen LogP contribution in [0.5, 0.6) is 11.5 Å². The van der Waals surface area contributed by atoms with Crippen LogP contribution in [0.25, 0.3) is 4.83 Å². The number of fused-ring (bicyclic) bond motifs is 1. The molecule has 0 N–H and O–H groups in total. The molecule has 0 unspecified atom stereocenters. The molecule has 136 valence electrons. The molecular weight excluding hydrogens is 365 g/mol. The fourth-order valence-electron chi connectivity index (χ4n) is 2.66. The zero-order chi connectivity index (χ0) is 18.8. The van der Waals surface area contributed by atoms with Gasteiger partial charge in [-0.05, 0) is 55.3 Å². The number of ketones is 1. The second kappa shape index (κ2) is 7.28. The van der Waals surface area contributed by atoms with E-state index in [9.17, 15) is 9.18 Å². The van der Waals surface area contributed by atoms with Gasteiger partial charge in [0.25, 0.3) is 0 Å². The topological polar surface area (TPSA) is 56.5 Å². The normalized spacial score (nSPS) is 11.0. The highest BCUT2D eigenvalue weighted by atomic mass is 32.1. The van der Waals surface area contributed by atoms with Gasteiger partial charge in [-0.25, -0.2) is 13.9 Å². The lowest BCUT2D eigenvalue weighted by molar-refractivity contribution is 0.0981. The van der Waals surface area contributed by atoms with Crippen molar-refractivity contribution in [3.05, 3.63) is 76.9 Å². The van der Waals surface area contributed by atoms with Gasteiger partial charge in [-0.1, -0.05) is 23.5 Å². The molecule has 0 aliphatic heterocycles. The molecule has 0 atom stereocenters. The van der Waals surface area contributed by atoms with Gasteiger partial charge in [0.1, 0.15) is 28.0 Å². The second-order valence-electron chi connectivity index (χ2n) is 6.09. The summed E-state index contributed by atoms with van der Waals surface area (Å²) in [6, 6.07) is 13.4. The molecule has 2 heterocycles. The van der Waals surface area contributed by atoms with E-state index in [1.165, 1.54) is 23.5 Å². The molecule has 7 heteroatoms. The van der Waals surface area contributed by atoms with Crippen LogP contribution in [-0.2, 0) is 6.42 Å². The highest BCUT2D eigenvalue weighted by molar-refractivity contribution is 7.18. The zero-order valence-corrected chi connectivity index (χ0v) is 15.4. The third-order valence-corrected chi connectivity index (χ3v) is 5.11. The summed E-state index contributed by atoms with van der Waals surface area (Å²) in [6.07, 6.45) is 2.74. The Balaban J connectivity index is 1.36. The first-order valence-corrected chi connectivity index (χ1v) is 9.27. The maximum atomic E-state index is 12.9. The number of nitrogens with zero attached hydrogens (tertiary/aromatic N) is 3. The molecule has 0 aliphatic carbocycles. The van der Waals surface area contributed by atoms with Crippen LogP contribution in [0, 0.1) is 12.7 Å². The number of carbonyl (C=O) groups excluding carboxylic acids is 1. The first-order valence-electron chi connectivity index (χ1n) is 8.45. The first kappa shape index (κ1) is 17.4. The van der Waals surface area contributed by atoms with Gasteiger partial charge in [-0.15, -0.1) is 0 Å². The molecular formula is C20H16FN3O2S. The standard InChI is InChI=1S/C20H16FN3O2S/c1-13-22-12-19-24(13)23-20(27-19)18(25)11-4-14-2-7-16(8-3-14)26-17-9-5-15(21)6-10-17/h2-3,5-10,12H,4,11H2,1H3. The number of aryl methyl sites for hydroxylation is 2. The summed E-state index contributed by atoms with van der Waals surface area (Å²) in [6.45, 7) is 1.86. The number of hydrogen-bond acceptors (Lipinski definition) is 5. The zero-order valence-electron chi connectivity index (χ0n) is 14.6. The Hall–Kier alpha value is -3.06. The molecule has 2 aromatic heterocycles. The van der Waals surface area contributed by atoms with Gasteiger partial charge in [0, 0.05) is 6.42 Å². The maximum absolute atomic E-state index is 12.9. The Morgan fingerprint density at radius 2 is 1.78 bits per heavy atom. The maximum Gasteiger partial charge on any atom is 0.193 e. The summed E-state index contributed by atoms with van der Waals surface area (Å²) >= 11 is 1.36. The number of ether oxygens (including phenoxy) is 1. The van der Waals surface area contributed by atoms with Crippen molar-refractivity contribution in [2.75, 3.05) is 0 Å². The Labute approximate surface area is 159 Å². The highest BCUT2D eigenvalue weighted by Crippen LogP contribution is 2.23. The van der Waals surface area contributed by atoms with Crippen molar-refractivity contribution in [2.24, 2.45) is 0 Å². The highest BCUT2D eigenvalue weighted by Gasteiger charge is 2.14. The van der Waals surface area contributed by atoms with Crippen molar-refractivity contribution in [3.8, 4) is 11.5 Å². The van der Waals surface area contributed by atoms with Gasteiger partial charge >= 0.3 is 0 Å². The minimum absolute atomic E-state index is 0.0229. The van der Waals surface area contributed by atoms with Gasteiger partial charge in [0.15, 0.2) is 10.8 Å². The number of rotatable bonds is 6. The first-order chi connectivity index (χ1) is 13.1. The molecule has 27 heavy (non-hydrogen) atoms. The molecule has 0 saturated carbocycles. The smallest absolute Gasteiger partial charge is 0.193 e. The molecule has 0 amide bonds. The summed E-state index contributed by atoms with van der Waals surface area (Å²) in [4.78, 5) is 17.4. The third kappa shape index (κ3) is 3.88. The fourth-order valence-corrected chi connectivity index (χ4v) is 3.56. The molecule has 5 nitrogen and oxygen atoms in total. The average molecular weight is 381 g/mol. The van der Waals surface area contributed by atoms with E-state index in [1.54, 1.807) is 22.8 Å². The van der Waals surface area contributed by atoms with Gasteiger partial charge < -0.3 is 4.74 Å². The van der Waals surface area contributed by atoms with E-state index in [2.05, 4.69) is 10.1 Å². The van der Waals surface area contributed by atoms with Gasteiger partial charge in [-0.2, -0.15) is 5.10 Å². The van der Waals surface area contributed by atoms with Crippen molar-refractivity contribution in [3.63, 3.8) is 0 Å². The van der Waals surface area contributed by atoms with Crippen molar-refractivity contribution in [1.82, 2.24) is 14.6 Å².